The van der Waals surface area contributed by atoms with Crippen molar-refractivity contribution in [3.8, 4) is 5.75 Å². The molecule has 23 heavy (non-hydrogen) atoms. The van der Waals surface area contributed by atoms with Gasteiger partial charge in [-0.1, -0.05) is 24.3 Å². The Bertz CT molecular complexity index is 489. The Labute approximate surface area is 140 Å². The first-order valence-corrected chi connectivity index (χ1v) is 9.18. The Balaban J connectivity index is 1.46. The predicted octanol–water partition coefficient (Wildman–Crippen LogP) is 5.34. The van der Waals surface area contributed by atoms with Crippen LogP contribution in [-0.4, -0.2) is 19.8 Å². The summed E-state index contributed by atoms with van der Waals surface area (Å²) in [6, 6.07) is 8.65. The second-order valence-electron chi connectivity index (χ2n) is 7.25. The third-order valence-corrected chi connectivity index (χ3v) is 5.55. The lowest BCUT2D eigenvalue weighted by atomic mass is 9.78. The monoisotopic (exact) mass is 314 g/mol. The largest absolute Gasteiger partial charge is 0.497 e. The molecule has 0 N–H and O–H groups in total. The normalized spacial score (nSPS) is 32.1. The molecule has 1 saturated carbocycles. The summed E-state index contributed by atoms with van der Waals surface area (Å²) in [4.78, 5) is 0. The number of benzene rings is 1. The minimum atomic E-state index is 0.458. The van der Waals surface area contributed by atoms with Crippen molar-refractivity contribution in [1.82, 2.24) is 0 Å². The zero-order valence-corrected chi connectivity index (χ0v) is 14.5. The molecule has 1 aliphatic heterocycles. The van der Waals surface area contributed by atoms with Gasteiger partial charge in [0.15, 0.2) is 0 Å². The fourth-order valence-electron chi connectivity index (χ4n) is 3.89. The molecule has 1 saturated heterocycles. The van der Waals surface area contributed by atoms with E-state index in [1.807, 2.05) is 0 Å². The van der Waals surface area contributed by atoms with E-state index in [1.54, 1.807) is 7.11 Å². The molecule has 0 radical (unpaired) electrons. The molecule has 0 aromatic heterocycles. The van der Waals surface area contributed by atoms with Gasteiger partial charge < -0.3 is 9.47 Å². The van der Waals surface area contributed by atoms with Crippen LogP contribution in [0.4, 0.5) is 0 Å². The molecule has 2 atom stereocenters. The zero-order valence-electron chi connectivity index (χ0n) is 14.5. The Morgan fingerprint density at radius 2 is 1.57 bits per heavy atom. The fourth-order valence-corrected chi connectivity index (χ4v) is 3.89. The highest BCUT2D eigenvalue weighted by Gasteiger charge is 2.22. The van der Waals surface area contributed by atoms with Crippen molar-refractivity contribution in [2.45, 2.75) is 57.5 Å². The van der Waals surface area contributed by atoms with E-state index in [0.717, 1.165) is 24.2 Å². The highest BCUT2D eigenvalue weighted by atomic mass is 16.5. The van der Waals surface area contributed by atoms with E-state index < -0.39 is 0 Å². The van der Waals surface area contributed by atoms with E-state index in [-0.39, 0.29) is 0 Å². The van der Waals surface area contributed by atoms with E-state index in [2.05, 4.69) is 43.3 Å². The molecule has 2 aliphatic rings. The first-order valence-electron chi connectivity index (χ1n) is 9.18. The first-order chi connectivity index (χ1) is 11.2. The van der Waals surface area contributed by atoms with E-state index in [9.17, 15) is 0 Å². The second-order valence-corrected chi connectivity index (χ2v) is 7.25. The topological polar surface area (TPSA) is 18.5 Å². The molecule has 1 heterocycles. The lowest BCUT2D eigenvalue weighted by Crippen LogP contribution is -2.22. The molecular weight excluding hydrogens is 284 g/mol. The van der Waals surface area contributed by atoms with Gasteiger partial charge in [-0.25, -0.2) is 0 Å². The number of hydrogen-bond acceptors (Lipinski definition) is 2. The average Bonchev–Trinajstić information content (AvgIpc) is 2.62. The van der Waals surface area contributed by atoms with Gasteiger partial charge >= 0.3 is 0 Å². The van der Waals surface area contributed by atoms with Gasteiger partial charge in [0, 0.05) is 5.92 Å². The van der Waals surface area contributed by atoms with E-state index >= 15 is 0 Å². The van der Waals surface area contributed by atoms with Crippen LogP contribution in [-0.2, 0) is 4.74 Å². The van der Waals surface area contributed by atoms with Crippen molar-refractivity contribution in [3.63, 3.8) is 0 Å². The van der Waals surface area contributed by atoms with Crippen molar-refractivity contribution in [2.75, 3.05) is 13.7 Å². The molecule has 0 amide bonds. The maximum absolute atomic E-state index is 5.76. The molecule has 1 aliphatic carbocycles. The van der Waals surface area contributed by atoms with Crippen molar-refractivity contribution < 1.29 is 9.47 Å². The van der Waals surface area contributed by atoms with Crippen molar-refractivity contribution in [1.29, 1.82) is 0 Å². The predicted molar refractivity (Wildman–Crippen MR) is 95.0 cm³/mol. The van der Waals surface area contributed by atoms with E-state index in [1.165, 1.54) is 44.1 Å². The number of ether oxygens (including phenoxy) is 2. The van der Waals surface area contributed by atoms with Crippen LogP contribution in [0.25, 0.3) is 0 Å². The Hall–Kier alpha value is -1.28. The van der Waals surface area contributed by atoms with Crippen molar-refractivity contribution >= 4 is 0 Å². The maximum atomic E-state index is 5.76. The highest BCUT2D eigenvalue weighted by Crippen LogP contribution is 2.37. The summed E-state index contributed by atoms with van der Waals surface area (Å²) < 4.78 is 11.0. The van der Waals surface area contributed by atoms with Gasteiger partial charge in [0.1, 0.15) is 5.75 Å². The van der Waals surface area contributed by atoms with Gasteiger partial charge in [0.25, 0.3) is 0 Å². The summed E-state index contributed by atoms with van der Waals surface area (Å²) in [5, 5.41) is 0. The quantitative estimate of drug-likeness (QED) is 0.698. The number of allylic oxidation sites excluding steroid dienone is 1. The average molecular weight is 314 g/mol. The van der Waals surface area contributed by atoms with E-state index in [0.29, 0.717) is 12.0 Å². The van der Waals surface area contributed by atoms with Gasteiger partial charge in [-0.2, -0.15) is 0 Å². The molecule has 0 spiro atoms. The van der Waals surface area contributed by atoms with Gasteiger partial charge in [0.2, 0.25) is 0 Å². The molecule has 2 nitrogen and oxygen atoms in total. The lowest BCUT2D eigenvalue weighted by Gasteiger charge is -2.28. The third kappa shape index (κ3) is 4.60. The molecular formula is C21H30O2. The fraction of sp³-hybridized carbons (Fsp3) is 0.619. The number of rotatable bonds is 4. The Morgan fingerprint density at radius 3 is 2.17 bits per heavy atom. The van der Waals surface area contributed by atoms with Crippen LogP contribution >= 0.6 is 0 Å². The molecule has 126 valence electrons. The van der Waals surface area contributed by atoms with Crippen LogP contribution in [0.15, 0.2) is 36.4 Å². The van der Waals surface area contributed by atoms with E-state index in [4.69, 9.17) is 9.47 Å². The molecule has 1 aromatic rings. The van der Waals surface area contributed by atoms with Gasteiger partial charge in [-0.05, 0) is 75.0 Å². The third-order valence-electron chi connectivity index (χ3n) is 5.55. The minimum Gasteiger partial charge on any atom is -0.497 e. The second kappa shape index (κ2) is 8.01. The van der Waals surface area contributed by atoms with Crippen LogP contribution in [0.3, 0.4) is 0 Å². The molecule has 2 fully saturated rings. The van der Waals surface area contributed by atoms with Crippen LogP contribution in [0, 0.1) is 11.8 Å². The van der Waals surface area contributed by atoms with Crippen molar-refractivity contribution in [2.24, 2.45) is 11.8 Å². The van der Waals surface area contributed by atoms with Crippen molar-refractivity contribution in [3.05, 3.63) is 42.0 Å². The summed E-state index contributed by atoms with van der Waals surface area (Å²) in [5.74, 6) is 3.09. The molecule has 2 unspecified atom stereocenters. The summed E-state index contributed by atoms with van der Waals surface area (Å²) in [5.41, 5.74) is 1.47. The number of methoxy groups -OCH3 is 1. The minimum absolute atomic E-state index is 0.458. The van der Waals surface area contributed by atoms with Gasteiger partial charge in [0.05, 0.1) is 19.8 Å². The van der Waals surface area contributed by atoms with Gasteiger partial charge in [-0.15, -0.1) is 0 Å². The summed E-state index contributed by atoms with van der Waals surface area (Å²) in [6.07, 6.45) is 13.1. The first kappa shape index (κ1) is 16.6. The summed E-state index contributed by atoms with van der Waals surface area (Å²) >= 11 is 0. The SMILES string of the molecule is COc1ccc(C2CCC(/C=C/C3CCC(C)OC3)CC2)cc1. The van der Waals surface area contributed by atoms with Crippen LogP contribution in [0.2, 0.25) is 0 Å². The smallest absolute Gasteiger partial charge is 0.118 e. The van der Waals surface area contributed by atoms with Gasteiger partial charge in [-0.3, -0.25) is 0 Å². The lowest BCUT2D eigenvalue weighted by molar-refractivity contribution is 0.00752. The molecule has 3 rings (SSSR count). The Morgan fingerprint density at radius 1 is 0.913 bits per heavy atom. The summed E-state index contributed by atoms with van der Waals surface area (Å²) in [7, 11) is 1.73. The standard InChI is InChI=1S/C21H30O2/c1-16-3-4-18(15-23-16)6-5-17-7-9-19(10-8-17)20-11-13-21(22-2)14-12-20/h5-6,11-14,16-19H,3-4,7-10,15H2,1-2H3/b6-5+. The molecule has 1 aromatic carbocycles. The maximum Gasteiger partial charge on any atom is 0.118 e. The Kier molecular flexibility index (Phi) is 5.77. The summed E-state index contributed by atoms with van der Waals surface area (Å²) in [6.45, 7) is 3.10. The highest BCUT2D eigenvalue weighted by molar-refractivity contribution is 5.29. The van der Waals surface area contributed by atoms with Crippen LogP contribution < -0.4 is 4.74 Å². The van der Waals surface area contributed by atoms with Crippen LogP contribution in [0.1, 0.15) is 56.9 Å². The van der Waals surface area contributed by atoms with Crippen LogP contribution in [0.5, 0.6) is 5.75 Å². The zero-order chi connectivity index (χ0) is 16.1. The molecule has 0 bridgehead atoms. The number of hydrogen-bond donors (Lipinski definition) is 0. The molecule has 2 heteroatoms.